The number of benzene rings is 1. The van der Waals surface area contributed by atoms with Gasteiger partial charge in [-0.2, -0.15) is 15.0 Å². The van der Waals surface area contributed by atoms with Crippen molar-refractivity contribution in [2.45, 2.75) is 6.92 Å². The second-order valence-corrected chi connectivity index (χ2v) is 3.56. The van der Waals surface area contributed by atoms with Crippen molar-refractivity contribution in [2.24, 2.45) is 0 Å². The molecular weight excluding hydrogens is 231 g/mol. The summed E-state index contributed by atoms with van der Waals surface area (Å²) in [6, 6.07) is 4.93. The van der Waals surface area contributed by atoms with Gasteiger partial charge in [-0.3, -0.25) is 0 Å². The molecule has 0 saturated carbocycles. The largest absolute Gasteiger partial charge is 0.368 e. The first-order chi connectivity index (χ1) is 7.58. The van der Waals surface area contributed by atoms with Crippen molar-refractivity contribution >= 4 is 17.5 Å². The quantitative estimate of drug-likeness (QED) is 0.827. The fourth-order valence-corrected chi connectivity index (χ4v) is 1.47. The van der Waals surface area contributed by atoms with Crippen LogP contribution in [0.4, 0.5) is 10.3 Å². The summed E-state index contributed by atoms with van der Waals surface area (Å²) in [5.74, 6) is -0.279. The van der Waals surface area contributed by atoms with Crippen LogP contribution in [-0.4, -0.2) is 15.0 Å². The minimum Gasteiger partial charge on any atom is -0.368 e. The van der Waals surface area contributed by atoms with Gasteiger partial charge in [-0.05, 0) is 30.2 Å². The SMILES string of the molecule is Cc1cccc(-c2nc(N)nc(Cl)n2)c1F. The number of nitrogens with two attached hydrogens (primary N) is 1. The molecular formula is C10H8ClFN4. The number of aryl methyl sites for hydroxylation is 1. The van der Waals surface area contributed by atoms with E-state index in [-0.39, 0.29) is 28.4 Å². The maximum Gasteiger partial charge on any atom is 0.227 e. The standard InChI is InChI=1S/C10H8ClFN4/c1-5-3-2-4-6(7(5)12)8-14-9(11)16-10(13)15-8/h2-4H,1H3,(H2,13,14,15,16). The second kappa shape index (κ2) is 4.02. The Bertz CT molecular complexity index is 524. The Hall–Kier alpha value is -1.75. The molecule has 2 rings (SSSR count). The molecule has 0 aliphatic rings. The molecule has 0 saturated heterocycles. The Kier molecular flexibility index (Phi) is 2.70. The molecule has 2 aromatic rings. The third-order valence-corrected chi connectivity index (χ3v) is 2.23. The van der Waals surface area contributed by atoms with Crippen LogP contribution in [0, 0.1) is 12.7 Å². The van der Waals surface area contributed by atoms with Gasteiger partial charge >= 0.3 is 0 Å². The van der Waals surface area contributed by atoms with Crippen molar-refractivity contribution in [1.82, 2.24) is 15.0 Å². The van der Waals surface area contributed by atoms with E-state index in [4.69, 9.17) is 17.3 Å². The lowest BCUT2D eigenvalue weighted by Crippen LogP contribution is -2.01. The van der Waals surface area contributed by atoms with Gasteiger partial charge in [0, 0.05) is 0 Å². The highest BCUT2D eigenvalue weighted by Crippen LogP contribution is 2.22. The summed E-state index contributed by atoms with van der Waals surface area (Å²) in [5.41, 5.74) is 6.18. The van der Waals surface area contributed by atoms with Gasteiger partial charge in [-0.25, -0.2) is 4.39 Å². The maximum absolute atomic E-state index is 13.8. The lowest BCUT2D eigenvalue weighted by atomic mass is 10.1. The minimum atomic E-state index is -0.385. The first-order valence-corrected chi connectivity index (χ1v) is 4.88. The van der Waals surface area contributed by atoms with Gasteiger partial charge in [-0.1, -0.05) is 12.1 Å². The Balaban J connectivity index is 2.63. The van der Waals surface area contributed by atoms with E-state index in [1.54, 1.807) is 25.1 Å². The topological polar surface area (TPSA) is 64.7 Å². The molecule has 4 nitrogen and oxygen atoms in total. The van der Waals surface area contributed by atoms with Crippen LogP contribution in [0.25, 0.3) is 11.4 Å². The Morgan fingerprint density at radius 1 is 1.25 bits per heavy atom. The summed E-state index contributed by atoms with van der Waals surface area (Å²) in [5, 5.41) is -0.0524. The summed E-state index contributed by atoms with van der Waals surface area (Å²) in [6.07, 6.45) is 0. The summed E-state index contributed by atoms with van der Waals surface area (Å²) in [4.78, 5) is 11.3. The van der Waals surface area contributed by atoms with E-state index >= 15 is 0 Å². The highest BCUT2D eigenvalue weighted by molar-refractivity contribution is 6.28. The van der Waals surface area contributed by atoms with Crippen LogP contribution in [0.2, 0.25) is 5.28 Å². The molecule has 0 fully saturated rings. The second-order valence-electron chi connectivity index (χ2n) is 3.22. The lowest BCUT2D eigenvalue weighted by molar-refractivity contribution is 0.620. The van der Waals surface area contributed by atoms with Crippen LogP contribution in [-0.2, 0) is 0 Å². The van der Waals surface area contributed by atoms with E-state index in [0.29, 0.717) is 5.56 Å². The molecule has 82 valence electrons. The van der Waals surface area contributed by atoms with Crippen molar-refractivity contribution in [3.05, 3.63) is 34.9 Å². The zero-order valence-electron chi connectivity index (χ0n) is 8.41. The predicted molar refractivity (Wildman–Crippen MR) is 59.4 cm³/mol. The number of hydrogen-bond donors (Lipinski definition) is 1. The van der Waals surface area contributed by atoms with Crippen LogP contribution >= 0.6 is 11.6 Å². The molecule has 2 N–H and O–H groups in total. The highest BCUT2D eigenvalue weighted by atomic mass is 35.5. The monoisotopic (exact) mass is 238 g/mol. The van der Waals surface area contributed by atoms with E-state index in [1.807, 2.05) is 0 Å². The fraction of sp³-hybridized carbons (Fsp3) is 0.100. The van der Waals surface area contributed by atoms with Gasteiger partial charge in [0.25, 0.3) is 0 Å². The van der Waals surface area contributed by atoms with E-state index in [0.717, 1.165) is 0 Å². The molecule has 0 amide bonds. The third kappa shape index (κ3) is 1.94. The minimum absolute atomic E-state index is 0.0316. The predicted octanol–water partition coefficient (Wildman–Crippen LogP) is 2.22. The molecule has 1 heterocycles. The Morgan fingerprint density at radius 3 is 2.69 bits per heavy atom. The normalized spacial score (nSPS) is 10.4. The summed E-state index contributed by atoms with van der Waals surface area (Å²) in [6.45, 7) is 1.66. The number of rotatable bonds is 1. The summed E-state index contributed by atoms with van der Waals surface area (Å²) >= 11 is 5.63. The molecule has 0 atom stereocenters. The van der Waals surface area contributed by atoms with E-state index in [2.05, 4.69) is 15.0 Å². The van der Waals surface area contributed by atoms with Gasteiger partial charge < -0.3 is 5.73 Å². The van der Waals surface area contributed by atoms with Crippen LogP contribution in [0.5, 0.6) is 0 Å². The highest BCUT2D eigenvalue weighted by Gasteiger charge is 2.11. The van der Waals surface area contributed by atoms with Gasteiger partial charge in [0.05, 0.1) is 5.56 Å². The van der Waals surface area contributed by atoms with Crippen LogP contribution in [0.15, 0.2) is 18.2 Å². The van der Waals surface area contributed by atoms with Crippen molar-refractivity contribution in [2.75, 3.05) is 5.73 Å². The molecule has 1 aromatic heterocycles. The molecule has 0 aliphatic carbocycles. The Labute approximate surface area is 96.3 Å². The first-order valence-electron chi connectivity index (χ1n) is 4.50. The van der Waals surface area contributed by atoms with Crippen molar-refractivity contribution in [3.63, 3.8) is 0 Å². The van der Waals surface area contributed by atoms with E-state index in [9.17, 15) is 4.39 Å². The number of hydrogen-bond acceptors (Lipinski definition) is 4. The van der Waals surface area contributed by atoms with Crippen molar-refractivity contribution in [1.29, 1.82) is 0 Å². The molecule has 0 unspecified atom stereocenters. The van der Waals surface area contributed by atoms with Crippen LogP contribution < -0.4 is 5.73 Å². The van der Waals surface area contributed by atoms with Gasteiger partial charge in [0.2, 0.25) is 11.2 Å². The van der Waals surface area contributed by atoms with Crippen molar-refractivity contribution in [3.8, 4) is 11.4 Å². The van der Waals surface area contributed by atoms with Gasteiger partial charge in [0.1, 0.15) is 5.82 Å². The molecule has 6 heteroatoms. The summed E-state index contributed by atoms with van der Waals surface area (Å²) < 4.78 is 13.8. The molecule has 1 aromatic carbocycles. The van der Waals surface area contributed by atoms with Crippen LogP contribution in [0.3, 0.4) is 0 Å². The molecule has 0 bridgehead atoms. The van der Waals surface area contributed by atoms with Gasteiger partial charge in [0.15, 0.2) is 5.82 Å². The molecule has 0 spiro atoms. The number of aromatic nitrogens is 3. The first kappa shape index (κ1) is 10.8. The van der Waals surface area contributed by atoms with E-state index in [1.165, 1.54) is 0 Å². The number of nitrogen functional groups attached to an aromatic ring is 1. The maximum atomic E-state index is 13.8. The number of halogens is 2. The van der Waals surface area contributed by atoms with Crippen molar-refractivity contribution < 1.29 is 4.39 Å². The zero-order valence-corrected chi connectivity index (χ0v) is 9.16. The average molecular weight is 239 g/mol. The summed E-state index contributed by atoms with van der Waals surface area (Å²) in [7, 11) is 0. The average Bonchev–Trinajstić information content (AvgIpc) is 2.20. The van der Waals surface area contributed by atoms with E-state index < -0.39 is 0 Å². The number of anilines is 1. The smallest absolute Gasteiger partial charge is 0.227 e. The third-order valence-electron chi connectivity index (χ3n) is 2.06. The lowest BCUT2D eigenvalue weighted by Gasteiger charge is -2.04. The molecule has 0 aliphatic heterocycles. The zero-order chi connectivity index (χ0) is 11.7. The number of nitrogens with zero attached hydrogens (tertiary/aromatic N) is 3. The fourth-order valence-electron chi connectivity index (χ4n) is 1.31. The van der Waals surface area contributed by atoms with Crippen LogP contribution in [0.1, 0.15) is 5.56 Å². The molecule has 0 radical (unpaired) electrons. The van der Waals surface area contributed by atoms with Gasteiger partial charge in [-0.15, -0.1) is 0 Å². The Morgan fingerprint density at radius 2 is 2.00 bits per heavy atom. The molecule has 16 heavy (non-hydrogen) atoms.